The molecule has 2 nitrogen and oxygen atoms in total. The van der Waals surface area contributed by atoms with Crippen LogP contribution in [0.4, 0.5) is 0 Å². The largest absolute Gasteiger partial charge is 0.360 e. The molecule has 2 unspecified atom stereocenters. The summed E-state index contributed by atoms with van der Waals surface area (Å²) in [6, 6.07) is 0. The molecular formula is C14H27NO. The van der Waals surface area contributed by atoms with Gasteiger partial charge in [0.2, 0.25) is 0 Å². The predicted molar refractivity (Wildman–Crippen MR) is 67.3 cm³/mol. The van der Waals surface area contributed by atoms with E-state index in [0.29, 0.717) is 5.41 Å². The zero-order chi connectivity index (χ0) is 11.6. The molecule has 0 radical (unpaired) electrons. The van der Waals surface area contributed by atoms with E-state index in [1.165, 1.54) is 38.5 Å². The molecule has 94 valence electrons. The minimum absolute atomic E-state index is 0.0332. The molecule has 16 heavy (non-hydrogen) atoms. The van der Waals surface area contributed by atoms with Crippen LogP contribution in [0.3, 0.4) is 0 Å². The molecule has 0 amide bonds. The molecule has 1 saturated carbocycles. The highest BCUT2D eigenvalue weighted by atomic mass is 16.5. The van der Waals surface area contributed by atoms with Crippen LogP contribution in [0.2, 0.25) is 0 Å². The first-order valence-corrected chi connectivity index (χ1v) is 7.03. The first kappa shape index (κ1) is 12.4. The maximum Gasteiger partial charge on any atom is 0.119 e. The number of nitrogens with one attached hydrogen (secondary N) is 1. The summed E-state index contributed by atoms with van der Waals surface area (Å²) in [4.78, 5) is 0. The standard InChI is InChI=1S/C14H27NO/c1-4-13(5-2)10-15-14(16-11-13)8-6-7-12(3)9-14/h12,15H,4-11H2,1-3H3. The summed E-state index contributed by atoms with van der Waals surface area (Å²) in [5.74, 6) is 0.817. The van der Waals surface area contributed by atoms with Gasteiger partial charge in [-0.1, -0.05) is 27.2 Å². The van der Waals surface area contributed by atoms with Gasteiger partial charge in [0.05, 0.1) is 6.61 Å². The lowest BCUT2D eigenvalue weighted by molar-refractivity contribution is -0.169. The Kier molecular flexibility index (Phi) is 3.60. The van der Waals surface area contributed by atoms with Crippen LogP contribution in [-0.4, -0.2) is 18.9 Å². The van der Waals surface area contributed by atoms with E-state index in [4.69, 9.17) is 4.74 Å². The summed E-state index contributed by atoms with van der Waals surface area (Å²) in [5, 5.41) is 3.74. The molecule has 1 saturated heterocycles. The van der Waals surface area contributed by atoms with Crippen molar-refractivity contribution >= 4 is 0 Å². The summed E-state index contributed by atoms with van der Waals surface area (Å²) in [5.41, 5.74) is 0.428. The topological polar surface area (TPSA) is 21.3 Å². The van der Waals surface area contributed by atoms with Crippen molar-refractivity contribution in [3.05, 3.63) is 0 Å². The first-order valence-electron chi connectivity index (χ1n) is 7.03. The van der Waals surface area contributed by atoms with Crippen LogP contribution in [0.5, 0.6) is 0 Å². The van der Waals surface area contributed by atoms with Crippen LogP contribution in [0.1, 0.15) is 59.3 Å². The van der Waals surface area contributed by atoms with Crippen LogP contribution in [0.15, 0.2) is 0 Å². The van der Waals surface area contributed by atoms with Crippen molar-refractivity contribution in [3.8, 4) is 0 Å². The monoisotopic (exact) mass is 225 g/mol. The molecule has 0 aromatic carbocycles. The Bertz CT molecular complexity index is 225. The fourth-order valence-electron chi connectivity index (χ4n) is 3.24. The van der Waals surface area contributed by atoms with E-state index in [9.17, 15) is 0 Å². The number of ether oxygens (including phenoxy) is 1. The summed E-state index contributed by atoms with van der Waals surface area (Å²) < 4.78 is 6.26. The summed E-state index contributed by atoms with van der Waals surface area (Å²) in [6.07, 6.45) is 7.56. The lowest BCUT2D eigenvalue weighted by Gasteiger charge is -2.49. The van der Waals surface area contributed by atoms with E-state index in [1.807, 2.05) is 0 Å². The molecule has 0 aromatic heterocycles. The van der Waals surface area contributed by atoms with Gasteiger partial charge in [-0.25, -0.2) is 0 Å². The summed E-state index contributed by atoms with van der Waals surface area (Å²) in [6.45, 7) is 9.03. The molecular weight excluding hydrogens is 198 g/mol. The third kappa shape index (κ3) is 2.28. The van der Waals surface area contributed by atoms with Gasteiger partial charge in [0.25, 0.3) is 0 Å². The molecule has 2 rings (SSSR count). The van der Waals surface area contributed by atoms with Crippen molar-refractivity contribution in [2.75, 3.05) is 13.2 Å². The maximum absolute atomic E-state index is 6.26. The lowest BCUT2D eigenvalue weighted by Crippen LogP contribution is -2.60. The second-order valence-corrected chi connectivity index (χ2v) is 6.05. The Morgan fingerprint density at radius 1 is 1.31 bits per heavy atom. The van der Waals surface area contributed by atoms with Crippen molar-refractivity contribution in [3.63, 3.8) is 0 Å². The summed E-state index contributed by atoms with van der Waals surface area (Å²) >= 11 is 0. The molecule has 2 fully saturated rings. The highest BCUT2D eigenvalue weighted by molar-refractivity contribution is 4.93. The second-order valence-electron chi connectivity index (χ2n) is 6.05. The molecule has 0 bridgehead atoms. The molecule has 0 aromatic rings. The van der Waals surface area contributed by atoms with Crippen LogP contribution in [0.25, 0.3) is 0 Å². The lowest BCUT2D eigenvalue weighted by atomic mass is 9.78. The second kappa shape index (κ2) is 4.66. The van der Waals surface area contributed by atoms with Crippen molar-refractivity contribution in [2.24, 2.45) is 11.3 Å². The average molecular weight is 225 g/mol. The van der Waals surface area contributed by atoms with Crippen LogP contribution in [-0.2, 0) is 4.74 Å². The SMILES string of the molecule is CCC1(CC)CNC2(CCCC(C)C2)OC1. The highest BCUT2D eigenvalue weighted by Crippen LogP contribution is 2.39. The number of hydrogen-bond acceptors (Lipinski definition) is 2. The van der Waals surface area contributed by atoms with Gasteiger partial charge >= 0.3 is 0 Å². The quantitative estimate of drug-likeness (QED) is 0.778. The maximum atomic E-state index is 6.26. The van der Waals surface area contributed by atoms with E-state index in [-0.39, 0.29) is 5.72 Å². The van der Waals surface area contributed by atoms with Crippen LogP contribution < -0.4 is 5.32 Å². The normalized spacial score (nSPS) is 38.8. The average Bonchev–Trinajstić information content (AvgIpc) is 2.31. The van der Waals surface area contributed by atoms with Gasteiger partial charge in [-0.15, -0.1) is 0 Å². The van der Waals surface area contributed by atoms with E-state index in [2.05, 4.69) is 26.1 Å². The van der Waals surface area contributed by atoms with Gasteiger partial charge in [-0.05, 0) is 38.0 Å². The molecule has 1 spiro atoms. The molecule has 1 aliphatic carbocycles. The summed E-state index contributed by atoms with van der Waals surface area (Å²) in [7, 11) is 0. The van der Waals surface area contributed by atoms with E-state index in [0.717, 1.165) is 19.1 Å². The van der Waals surface area contributed by atoms with Gasteiger partial charge in [-0.3, -0.25) is 5.32 Å². The van der Waals surface area contributed by atoms with E-state index in [1.54, 1.807) is 0 Å². The van der Waals surface area contributed by atoms with Crippen molar-refractivity contribution < 1.29 is 4.74 Å². The molecule has 1 heterocycles. The highest BCUT2D eigenvalue weighted by Gasteiger charge is 2.43. The zero-order valence-electron chi connectivity index (χ0n) is 11.1. The van der Waals surface area contributed by atoms with Crippen LogP contribution >= 0.6 is 0 Å². The Labute approximate surface area is 100 Å². The Hall–Kier alpha value is -0.0800. The predicted octanol–water partition coefficient (Wildman–Crippen LogP) is 3.32. The molecule has 2 heteroatoms. The fraction of sp³-hybridized carbons (Fsp3) is 1.00. The zero-order valence-corrected chi connectivity index (χ0v) is 11.1. The van der Waals surface area contributed by atoms with E-state index < -0.39 is 0 Å². The smallest absolute Gasteiger partial charge is 0.119 e. The first-order chi connectivity index (χ1) is 7.64. The molecule has 2 atom stereocenters. The van der Waals surface area contributed by atoms with Gasteiger partial charge < -0.3 is 4.74 Å². The number of hydrogen-bond donors (Lipinski definition) is 1. The van der Waals surface area contributed by atoms with Crippen LogP contribution in [0, 0.1) is 11.3 Å². The van der Waals surface area contributed by atoms with Crippen molar-refractivity contribution in [1.29, 1.82) is 0 Å². The van der Waals surface area contributed by atoms with E-state index >= 15 is 0 Å². The fourth-order valence-corrected chi connectivity index (χ4v) is 3.24. The minimum atomic E-state index is 0.0332. The van der Waals surface area contributed by atoms with Gasteiger partial charge in [0, 0.05) is 12.0 Å². The molecule has 1 aliphatic heterocycles. The molecule has 2 aliphatic rings. The minimum Gasteiger partial charge on any atom is -0.360 e. The van der Waals surface area contributed by atoms with Crippen molar-refractivity contribution in [2.45, 2.75) is 65.0 Å². The third-order valence-corrected chi connectivity index (χ3v) is 4.90. The van der Waals surface area contributed by atoms with Gasteiger partial charge in [-0.2, -0.15) is 0 Å². The number of rotatable bonds is 2. The Morgan fingerprint density at radius 2 is 2.06 bits per heavy atom. The third-order valence-electron chi connectivity index (χ3n) is 4.90. The molecule has 1 N–H and O–H groups in total. The van der Waals surface area contributed by atoms with Gasteiger partial charge in [0.1, 0.15) is 5.72 Å². The van der Waals surface area contributed by atoms with Gasteiger partial charge in [0.15, 0.2) is 0 Å². The Morgan fingerprint density at radius 3 is 2.56 bits per heavy atom. The Balaban J connectivity index is 1.97. The van der Waals surface area contributed by atoms with Crippen molar-refractivity contribution in [1.82, 2.24) is 5.32 Å².